The number of carbonyl (C=O) groups excluding carboxylic acids is 1. The quantitative estimate of drug-likeness (QED) is 0.874. The first-order valence-corrected chi connectivity index (χ1v) is 8.66. The lowest BCUT2D eigenvalue weighted by Gasteiger charge is -2.32. The molecule has 23 heavy (non-hydrogen) atoms. The topological polar surface area (TPSA) is 49.6 Å². The standard InChI is InChI=1S/C18H23N3O2/c22-18(21-9-3-4-10-21)14-7-11-20(12-8-14)13-16-15-5-1-2-6-17(15)23-19-16/h1-2,5-6,14H,3-4,7-13H2. The summed E-state index contributed by atoms with van der Waals surface area (Å²) in [4.78, 5) is 16.9. The lowest BCUT2D eigenvalue weighted by Crippen LogP contribution is -2.41. The lowest BCUT2D eigenvalue weighted by molar-refractivity contribution is -0.136. The molecule has 122 valence electrons. The molecule has 0 N–H and O–H groups in total. The second kappa shape index (κ2) is 6.32. The number of likely N-dealkylation sites (tertiary alicyclic amines) is 2. The van der Waals surface area contributed by atoms with Crippen molar-refractivity contribution in [1.82, 2.24) is 15.0 Å². The average molecular weight is 313 g/mol. The number of hydrogen-bond donors (Lipinski definition) is 0. The third kappa shape index (κ3) is 2.98. The van der Waals surface area contributed by atoms with Crippen LogP contribution in [0.1, 0.15) is 31.4 Å². The summed E-state index contributed by atoms with van der Waals surface area (Å²) in [6.07, 6.45) is 4.27. The van der Waals surface area contributed by atoms with E-state index >= 15 is 0 Å². The van der Waals surface area contributed by atoms with Crippen molar-refractivity contribution in [2.75, 3.05) is 26.2 Å². The van der Waals surface area contributed by atoms with E-state index in [4.69, 9.17) is 4.52 Å². The number of nitrogens with zero attached hydrogens (tertiary/aromatic N) is 3. The Morgan fingerprint density at radius 2 is 1.87 bits per heavy atom. The van der Waals surface area contributed by atoms with Gasteiger partial charge in [0.2, 0.25) is 5.91 Å². The Kier molecular flexibility index (Phi) is 4.04. The van der Waals surface area contributed by atoms with Gasteiger partial charge in [-0.3, -0.25) is 9.69 Å². The second-order valence-electron chi connectivity index (χ2n) is 6.71. The Labute approximate surface area is 136 Å². The predicted molar refractivity (Wildman–Crippen MR) is 87.8 cm³/mol. The molecule has 5 heteroatoms. The molecule has 0 atom stereocenters. The van der Waals surface area contributed by atoms with Crippen molar-refractivity contribution in [3.63, 3.8) is 0 Å². The summed E-state index contributed by atoms with van der Waals surface area (Å²) in [6.45, 7) is 4.66. The monoisotopic (exact) mass is 313 g/mol. The summed E-state index contributed by atoms with van der Waals surface area (Å²) < 4.78 is 5.38. The smallest absolute Gasteiger partial charge is 0.225 e. The van der Waals surface area contributed by atoms with E-state index in [2.05, 4.69) is 21.0 Å². The summed E-state index contributed by atoms with van der Waals surface area (Å²) in [7, 11) is 0. The van der Waals surface area contributed by atoms with E-state index in [1.165, 1.54) is 12.8 Å². The van der Waals surface area contributed by atoms with E-state index in [1.807, 2.05) is 18.2 Å². The Morgan fingerprint density at radius 3 is 2.65 bits per heavy atom. The third-order valence-corrected chi connectivity index (χ3v) is 5.18. The number of benzene rings is 1. The molecule has 0 aliphatic carbocycles. The van der Waals surface area contributed by atoms with Gasteiger partial charge in [-0.15, -0.1) is 0 Å². The minimum atomic E-state index is 0.221. The molecule has 0 radical (unpaired) electrons. The van der Waals surface area contributed by atoms with Gasteiger partial charge in [0, 0.05) is 30.9 Å². The molecule has 3 heterocycles. The summed E-state index contributed by atoms with van der Waals surface area (Å²) >= 11 is 0. The van der Waals surface area contributed by atoms with Crippen molar-refractivity contribution < 1.29 is 9.32 Å². The molecular formula is C18H23N3O2. The molecule has 0 spiro atoms. The first kappa shape index (κ1) is 14.7. The van der Waals surface area contributed by atoms with Gasteiger partial charge in [0.1, 0.15) is 5.69 Å². The summed E-state index contributed by atoms with van der Waals surface area (Å²) in [5, 5.41) is 5.31. The van der Waals surface area contributed by atoms with Crippen LogP contribution in [0.4, 0.5) is 0 Å². The van der Waals surface area contributed by atoms with E-state index in [0.717, 1.165) is 62.2 Å². The first-order valence-electron chi connectivity index (χ1n) is 8.66. The van der Waals surface area contributed by atoms with E-state index < -0.39 is 0 Å². The molecule has 2 saturated heterocycles. The van der Waals surface area contributed by atoms with E-state index in [1.54, 1.807) is 0 Å². The van der Waals surface area contributed by atoms with Gasteiger partial charge >= 0.3 is 0 Å². The average Bonchev–Trinajstić information content (AvgIpc) is 3.25. The van der Waals surface area contributed by atoms with Crippen molar-refractivity contribution in [2.45, 2.75) is 32.2 Å². The Balaban J connectivity index is 1.35. The maximum Gasteiger partial charge on any atom is 0.225 e. The zero-order valence-corrected chi connectivity index (χ0v) is 13.4. The molecule has 0 saturated carbocycles. The van der Waals surface area contributed by atoms with Crippen LogP contribution < -0.4 is 0 Å². The highest BCUT2D eigenvalue weighted by molar-refractivity contribution is 5.79. The zero-order chi connectivity index (χ0) is 15.6. The summed E-state index contributed by atoms with van der Waals surface area (Å²) in [6, 6.07) is 7.99. The van der Waals surface area contributed by atoms with Gasteiger partial charge < -0.3 is 9.42 Å². The number of carbonyl (C=O) groups is 1. The van der Waals surface area contributed by atoms with Gasteiger partial charge in [-0.25, -0.2) is 0 Å². The fourth-order valence-corrected chi connectivity index (χ4v) is 3.80. The van der Waals surface area contributed by atoms with Crippen LogP contribution in [0.3, 0.4) is 0 Å². The van der Waals surface area contributed by atoms with Gasteiger partial charge in [0.25, 0.3) is 0 Å². The minimum Gasteiger partial charge on any atom is -0.356 e. The molecule has 1 aromatic carbocycles. The number of piperidine rings is 1. The van der Waals surface area contributed by atoms with Crippen LogP contribution in [0.15, 0.2) is 28.8 Å². The van der Waals surface area contributed by atoms with Crippen LogP contribution in [-0.4, -0.2) is 47.0 Å². The molecular weight excluding hydrogens is 290 g/mol. The minimum absolute atomic E-state index is 0.221. The molecule has 2 aliphatic rings. The molecule has 2 aliphatic heterocycles. The molecule has 1 amide bonds. The maximum atomic E-state index is 12.5. The van der Waals surface area contributed by atoms with Gasteiger partial charge in [-0.1, -0.05) is 17.3 Å². The first-order chi connectivity index (χ1) is 11.3. The van der Waals surface area contributed by atoms with Gasteiger partial charge in [-0.2, -0.15) is 0 Å². The van der Waals surface area contributed by atoms with Crippen molar-refractivity contribution in [3.8, 4) is 0 Å². The second-order valence-corrected chi connectivity index (χ2v) is 6.71. The predicted octanol–water partition coefficient (Wildman–Crippen LogP) is 2.66. The zero-order valence-electron chi connectivity index (χ0n) is 13.4. The fraction of sp³-hybridized carbons (Fsp3) is 0.556. The number of para-hydroxylation sites is 1. The molecule has 0 bridgehead atoms. The molecule has 0 unspecified atom stereocenters. The Bertz CT molecular complexity index is 682. The number of hydrogen-bond acceptors (Lipinski definition) is 4. The van der Waals surface area contributed by atoms with Gasteiger partial charge in [0.05, 0.1) is 0 Å². The Hall–Kier alpha value is -1.88. The van der Waals surface area contributed by atoms with Crippen LogP contribution in [0.25, 0.3) is 11.0 Å². The number of rotatable bonds is 3. The fourth-order valence-electron chi connectivity index (χ4n) is 3.80. The molecule has 1 aromatic heterocycles. The van der Waals surface area contributed by atoms with E-state index in [-0.39, 0.29) is 5.92 Å². The molecule has 5 nitrogen and oxygen atoms in total. The van der Waals surface area contributed by atoms with Crippen LogP contribution >= 0.6 is 0 Å². The van der Waals surface area contributed by atoms with Crippen LogP contribution in [0.2, 0.25) is 0 Å². The summed E-state index contributed by atoms with van der Waals surface area (Å²) in [5.41, 5.74) is 1.85. The lowest BCUT2D eigenvalue weighted by atomic mass is 9.95. The maximum absolute atomic E-state index is 12.5. The van der Waals surface area contributed by atoms with Crippen LogP contribution in [0.5, 0.6) is 0 Å². The van der Waals surface area contributed by atoms with Crippen LogP contribution in [-0.2, 0) is 11.3 Å². The van der Waals surface area contributed by atoms with Crippen molar-refractivity contribution in [1.29, 1.82) is 0 Å². The molecule has 4 rings (SSSR count). The molecule has 2 aromatic rings. The highest BCUT2D eigenvalue weighted by Crippen LogP contribution is 2.25. The number of amides is 1. The Morgan fingerprint density at radius 1 is 1.13 bits per heavy atom. The number of fused-ring (bicyclic) bond motifs is 1. The van der Waals surface area contributed by atoms with Gasteiger partial charge in [-0.05, 0) is 50.9 Å². The van der Waals surface area contributed by atoms with Gasteiger partial charge in [0.15, 0.2) is 5.58 Å². The van der Waals surface area contributed by atoms with Crippen LogP contribution in [0, 0.1) is 5.92 Å². The molecule has 2 fully saturated rings. The van der Waals surface area contributed by atoms with Crippen molar-refractivity contribution >= 4 is 16.9 Å². The normalized spacial score (nSPS) is 20.4. The van der Waals surface area contributed by atoms with E-state index in [0.29, 0.717) is 5.91 Å². The highest BCUT2D eigenvalue weighted by atomic mass is 16.5. The number of aromatic nitrogens is 1. The van der Waals surface area contributed by atoms with Crippen molar-refractivity contribution in [3.05, 3.63) is 30.0 Å². The third-order valence-electron chi connectivity index (χ3n) is 5.18. The SMILES string of the molecule is O=C(C1CCN(Cc2noc3ccccc23)CC1)N1CCCC1. The van der Waals surface area contributed by atoms with Crippen molar-refractivity contribution in [2.24, 2.45) is 5.92 Å². The largest absolute Gasteiger partial charge is 0.356 e. The van der Waals surface area contributed by atoms with E-state index in [9.17, 15) is 4.79 Å². The highest BCUT2D eigenvalue weighted by Gasteiger charge is 2.30. The summed E-state index contributed by atoms with van der Waals surface area (Å²) in [5.74, 6) is 0.604.